The average molecular weight is 474 g/mol. The molecule has 2 aliphatic heterocycles. The first-order valence-electron chi connectivity index (χ1n) is 13.2. The van der Waals surface area contributed by atoms with Crippen molar-refractivity contribution in [3.8, 4) is 23.0 Å². The van der Waals surface area contributed by atoms with Gasteiger partial charge in [0.2, 0.25) is 0 Å². The molecule has 1 aromatic carbocycles. The largest absolute Gasteiger partial charge is 0.486 e. The van der Waals surface area contributed by atoms with Crippen LogP contribution in [0, 0.1) is 11.8 Å². The number of hydrogen-bond acceptors (Lipinski definition) is 6. The van der Waals surface area contributed by atoms with E-state index in [1.807, 2.05) is 12.1 Å². The number of rotatable bonds is 5. The highest BCUT2D eigenvalue weighted by Crippen LogP contribution is 2.39. The Hall–Kier alpha value is -3.09. The van der Waals surface area contributed by atoms with Crippen LogP contribution in [0.5, 0.6) is 11.5 Å². The average Bonchev–Trinajstić information content (AvgIpc) is 3.55. The van der Waals surface area contributed by atoms with Crippen LogP contribution in [0.2, 0.25) is 0 Å². The van der Waals surface area contributed by atoms with Gasteiger partial charge in [-0.1, -0.05) is 32.4 Å². The van der Waals surface area contributed by atoms with Crippen molar-refractivity contribution >= 4 is 5.82 Å². The van der Waals surface area contributed by atoms with E-state index in [0.29, 0.717) is 37.5 Å². The van der Waals surface area contributed by atoms with Gasteiger partial charge in [-0.3, -0.25) is 0 Å². The molecule has 7 nitrogen and oxygen atoms in total. The van der Waals surface area contributed by atoms with Crippen LogP contribution in [0.3, 0.4) is 0 Å². The molecule has 2 unspecified atom stereocenters. The lowest BCUT2D eigenvalue weighted by Gasteiger charge is -2.35. The molecule has 2 aromatic heterocycles. The highest BCUT2D eigenvalue weighted by molar-refractivity contribution is 5.54. The number of hydrogen-bond donors (Lipinski definition) is 0. The van der Waals surface area contributed by atoms with Crippen LogP contribution in [0.25, 0.3) is 11.5 Å². The van der Waals surface area contributed by atoms with Crippen molar-refractivity contribution < 1.29 is 9.47 Å². The maximum Gasteiger partial charge on any atom is 0.200 e. The van der Waals surface area contributed by atoms with E-state index in [1.165, 1.54) is 32.1 Å². The summed E-state index contributed by atoms with van der Waals surface area (Å²) in [7, 11) is 0. The van der Waals surface area contributed by atoms with Crippen LogP contribution in [0.4, 0.5) is 5.82 Å². The highest BCUT2D eigenvalue weighted by Gasteiger charge is 2.32. The first kappa shape index (κ1) is 22.4. The molecule has 2 atom stereocenters. The maximum absolute atomic E-state index is 5.84. The summed E-state index contributed by atoms with van der Waals surface area (Å²) >= 11 is 0. The zero-order valence-electron chi connectivity index (χ0n) is 20.8. The number of nitrogens with zero attached hydrogens (tertiary/aromatic N) is 5. The third-order valence-corrected chi connectivity index (χ3v) is 7.83. The molecule has 6 rings (SSSR count). The number of pyridine rings is 1. The van der Waals surface area contributed by atoms with Gasteiger partial charge in [-0.15, -0.1) is 5.10 Å². The molecule has 0 radical (unpaired) electrons. The van der Waals surface area contributed by atoms with Gasteiger partial charge in [-0.05, 0) is 67.3 Å². The molecule has 4 heterocycles. The SMILES string of the molecule is CC1CCCC(C)C1n1nc(-c2cccc(N3CCCC3)n2)nc1Cc1ccc2c(c1)OCCO2. The monoisotopic (exact) mass is 473 g/mol. The first-order chi connectivity index (χ1) is 17.2. The molecule has 1 saturated heterocycles. The Labute approximate surface area is 207 Å². The van der Waals surface area contributed by atoms with Gasteiger partial charge < -0.3 is 14.4 Å². The molecule has 35 heavy (non-hydrogen) atoms. The Bertz CT molecular complexity index is 1180. The first-order valence-corrected chi connectivity index (χ1v) is 13.2. The van der Waals surface area contributed by atoms with E-state index in [9.17, 15) is 0 Å². The number of ether oxygens (including phenoxy) is 2. The Morgan fingerprint density at radius 2 is 1.66 bits per heavy atom. The van der Waals surface area contributed by atoms with Crippen molar-refractivity contribution in [1.29, 1.82) is 0 Å². The molecular formula is C28H35N5O2. The minimum atomic E-state index is 0.346. The highest BCUT2D eigenvalue weighted by atomic mass is 16.6. The molecule has 3 aromatic rings. The Kier molecular flexibility index (Phi) is 6.08. The lowest BCUT2D eigenvalue weighted by molar-refractivity contribution is 0.166. The van der Waals surface area contributed by atoms with Gasteiger partial charge in [0.15, 0.2) is 17.3 Å². The van der Waals surface area contributed by atoms with E-state index in [2.05, 4.69) is 47.7 Å². The van der Waals surface area contributed by atoms with Crippen LogP contribution < -0.4 is 14.4 Å². The fraction of sp³-hybridized carbons (Fsp3) is 0.536. The molecule has 184 valence electrons. The quantitative estimate of drug-likeness (QED) is 0.501. The molecule has 1 saturated carbocycles. The lowest BCUT2D eigenvalue weighted by Crippen LogP contribution is -2.30. The summed E-state index contributed by atoms with van der Waals surface area (Å²) in [5.74, 6) is 5.52. The predicted molar refractivity (Wildman–Crippen MR) is 136 cm³/mol. The molecule has 0 N–H and O–H groups in total. The van der Waals surface area contributed by atoms with E-state index in [-0.39, 0.29) is 0 Å². The van der Waals surface area contributed by atoms with Crippen molar-refractivity contribution in [3.63, 3.8) is 0 Å². The molecule has 3 aliphatic rings. The van der Waals surface area contributed by atoms with Crippen molar-refractivity contribution in [2.24, 2.45) is 11.8 Å². The third kappa shape index (κ3) is 4.48. The van der Waals surface area contributed by atoms with Crippen LogP contribution in [-0.2, 0) is 6.42 Å². The standard InChI is InChI=1S/C28H35N5O2/c1-19-7-5-8-20(2)27(19)33-26(18-21-11-12-23-24(17-21)35-16-15-34-23)30-28(31-33)22-9-6-10-25(29-22)32-13-3-4-14-32/h6,9-12,17,19-20,27H,3-5,7-8,13-16,18H2,1-2H3. The van der Waals surface area contributed by atoms with Gasteiger partial charge in [0.05, 0.1) is 6.04 Å². The van der Waals surface area contributed by atoms with Crippen molar-refractivity contribution in [3.05, 3.63) is 47.8 Å². The van der Waals surface area contributed by atoms with Gasteiger partial charge in [-0.25, -0.2) is 14.6 Å². The number of benzene rings is 1. The van der Waals surface area contributed by atoms with E-state index >= 15 is 0 Å². The van der Waals surface area contributed by atoms with Crippen LogP contribution in [0.1, 0.15) is 63.4 Å². The molecular weight excluding hydrogens is 438 g/mol. The van der Waals surface area contributed by atoms with Gasteiger partial charge in [0, 0.05) is 19.5 Å². The summed E-state index contributed by atoms with van der Waals surface area (Å²) in [5.41, 5.74) is 2.01. The summed E-state index contributed by atoms with van der Waals surface area (Å²) in [6.07, 6.45) is 6.92. The van der Waals surface area contributed by atoms with Crippen molar-refractivity contribution in [1.82, 2.24) is 19.7 Å². The summed E-state index contributed by atoms with van der Waals surface area (Å²) < 4.78 is 13.8. The molecule has 1 aliphatic carbocycles. The number of anilines is 1. The topological polar surface area (TPSA) is 65.3 Å². The van der Waals surface area contributed by atoms with E-state index < -0.39 is 0 Å². The molecule has 0 spiro atoms. The van der Waals surface area contributed by atoms with Crippen LogP contribution in [-0.4, -0.2) is 46.1 Å². The minimum absolute atomic E-state index is 0.346. The summed E-state index contributed by atoms with van der Waals surface area (Å²) in [5, 5.41) is 5.12. The lowest BCUT2D eigenvalue weighted by atomic mass is 9.79. The summed E-state index contributed by atoms with van der Waals surface area (Å²) in [4.78, 5) is 12.4. The van der Waals surface area contributed by atoms with Crippen LogP contribution >= 0.6 is 0 Å². The molecule has 0 amide bonds. The number of fused-ring (bicyclic) bond motifs is 1. The second kappa shape index (κ2) is 9.51. The Morgan fingerprint density at radius 1 is 0.886 bits per heavy atom. The van der Waals surface area contributed by atoms with E-state index in [0.717, 1.165) is 53.3 Å². The zero-order chi connectivity index (χ0) is 23.8. The fourth-order valence-electron chi connectivity index (χ4n) is 6.02. The smallest absolute Gasteiger partial charge is 0.200 e. The van der Waals surface area contributed by atoms with Crippen LogP contribution in [0.15, 0.2) is 36.4 Å². The van der Waals surface area contributed by atoms with E-state index in [4.69, 9.17) is 24.5 Å². The number of aromatic nitrogens is 4. The minimum Gasteiger partial charge on any atom is -0.486 e. The van der Waals surface area contributed by atoms with Gasteiger partial charge >= 0.3 is 0 Å². The van der Waals surface area contributed by atoms with Crippen molar-refractivity contribution in [2.45, 2.75) is 58.4 Å². The van der Waals surface area contributed by atoms with E-state index in [1.54, 1.807) is 0 Å². The zero-order valence-corrected chi connectivity index (χ0v) is 20.8. The second-order valence-electron chi connectivity index (χ2n) is 10.4. The molecule has 2 fully saturated rings. The van der Waals surface area contributed by atoms with Gasteiger partial charge in [0.1, 0.15) is 30.5 Å². The molecule has 0 bridgehead atoms. The normalized spacial score (nSPS) is 24.1. The Balaban J connectivity index is 1.37. The predicted octanol–water partition coefficient (Wildman–Crippen LogP) is 5.30. The Morgan fingerprint density at radius 3 is 2.46 bits per heavy atom. The fourth-order valence-corrected chi connectivity index (χ4v) is 6.02. The van der Waals surface area contributed by atoms with Gasteiger partial charge in [0.25, 0.3) is 0 Å². The summed E-state index contributed by atoms with van der Waals surface area (Å²) in [6, 6.07) is 12.8. The molecule has 7 heteroatoms. The third-order valence-electron chi connectivity index (χ3n) is 7.83. The van der Waals surface area contributed by atoms with Gasteiger partial charge in [-0.2, -0.15) is 0 Å². The summed E-state index contributed by atoms with van der Waals surface area (Å²) in [6.45, 7) is 8.07. The maximum atomic E-state index is 5.84. The van der Waals surface area contributed by atoms with Crippen molar-refractivity contribution in [2.75, 3.05) is 31.2 Å². The second-order valence-corrected chi connectivity index (χ2v) is 10.4.